The van der Waals surface area contributed by atoms with Crippen molar-refractivity contribution in [3.8, 4) is 0 Å². The highest BCUT2D eigenvalue weighted by atomic mass is 16.5. The standard InChI is InChI=1S/C11H25N3O/c1-11(9-12)10-13(2)3-4-14-5-7-15-8-6-14/h11H,3-10,12H2,1-2H3. The van der Waals surface area contributed by atoms with Gasteiger partial charge in [0.15, 0.2) is 0 Å². The normalized spacial score (nSPS) is 20.8. The van der Waals surface area contributed by atoms with Gasteiger partial charge in [0.05, 0.1) is 13.2 Å². The summed E-state index contributed by atoms with van der Waals surface area (Å²) in [6, 6.07) is 0. The summed E-state index contributed by atoms with van der Waals surface area (Å²) < 4.78 is 5.32. The van der Waals surface area contributed by atoms with Crippen molar-refractivity contribution in [1.29, 1.82) is 0 Å². The molecule has 1 fully saturated rings. The van der Waals surface area contributed by atoms with E-state index < -0.39 is 0 Å². The molecule has 1 rings (SSSR count). The fraction of sp³-hybridized carbons (Fsp3) is 1.00. The molecule has 2 N–H and O–H groups in total. The molecule has 4 nitrogen and oxygen atoms in total. The van der Waals surface area contributed by atoms with Gasteiger partial charge in [0, 0.05) is 32.7 Å². The Hall–Kier alpha value is -0.160. The van der Waals surface area contributed by atoms with Gasteiger partial charge in [-0.25, -0.2) is 0 Å². The van der Waals surface area contributed by atoms with Crippen molar-refractivity contribution in [2.45, 2.75) is 6.92 Å². The van der Waals surface area contributed by atoms with Crippen molar-refractivity contribution in [2.75, 3.05) is 59.5 Å². The first kappa shape index (κ1) is 12.9. The maximum absolute atomic E-state index is 5.61. The number of nitrogens with zero attached hydrogens (tertiary/aromatic N) is 2. The predicted molar refractivity (Wildman–Crippen MR) is 63.0 cm³/mol. The lowest BCUT2D eigenvalue weighted by atomic mass is 10.2. The summed E-state index contributed by atoms with van der Waals surface area (Å²) in [5.74, 6) is 0.597. The second kappa shape index (κ2) is 7.17. The molecule has 0 aromatic rings. The van der Waals surface area contributed by atoms with Crippen LogP contribution in [0.25, 0.3) is 0 Å². The zero-order valence-electron chi connectivity index (χ0n) is 10.1. The summed E-state index contributed by atoms with van der Waals surface area (Å²) in [6.45, 7) is 10.3. The van der Waals surface area contributed by atoms with Crippen molar-refractivity contribution >= 4 is 0 Å². The molecule has 1 unspecified atom stereocenters. The lowest BCUT2D eigenvalue weighted by Crippen LogP contribution is -2.41. The van der Waals surface area contributed by atoms with Crippen molar-refractivity contribution in [3.63, 3.8) is 0 Å². The first-order valence-electron chi connectivity index (χ1n) is 5.91. The molecule has 0 spiro atoms. The van der Waals surface area contributed by atoms with E-state index in [4.69, 9.17) is 10.5 Å². The van der Waals surface area contributed by atoms with E-state index in [9.17, 15) is 0 Å². The van der Waals surface area contributed by atoms with E-state index in [1.165, 1.54) is 0 Å². The quantitative estimate of drug-likeness (QED) is 0.669. The SMILES string of the molecule is CC(CN)CN(C)CCN1CCOCC1. The number of hydrogen-bond acceptors (Lipinski definition) is 4. The maximum atomic E-state index is 5.61. The number of hydrogen-bond donors (Lipinski definition) is 1. The van der Waals surface area contributed by atoms with Crippen molar-refractivity contribution in [1.82, 2.24) is 9.80 Å². The van der Waals surface area contributed by atoms with Crippen LogP contribution in [0, 0.1) is 5.92 Å². The van der Waals surface area contributed by atoms with E-state index in [0.717, 1.165) is 52.5 Å². The molecule has 1 atom stereocenters. The summed E-state index contributed by atoms with van der Waals surface area (Å²) in [7, 11) is 2.17. The molecule has 1 heterocycles. The molecule has 0 bridgehead atoms. The van der Waals surface area contributed by atoms with Crippen LogP contribution in [-0.2, 0) is 4.74 Å². The zero-order chi connectivity index (χ0) is 11.1. The van der Waals surface area contributed by atoms with Gasteiger partial charge in [0.2, 0.25) is 0 Å². The number of morpholine rings is 1. The molecule has 4 heteroatoms. The first-order chi connectivity index (χ1) is 7.22. The number of ether oxygens (including phenoxy) is 1. The van der Waals surface area contributed by atoms with Crippen LogP contribution in [0.1, 0.15) is 6.92 Å². The predicted octanol–water partition coefficient (Wildman–Crippen LogP) is -0.155. The Balaban J connectivity index is 2.07. The highest BCUT2D eigenvalue weighted by Gasteiger charge is 2.11. The van der Waals surface area contributed by atoms with E-state index in [0.29, 0.717) is 5.92 Å². The van der Waals surface area contributed by atoms with Crippen molar-refractivity contribution < 1.29 is 4.74 Å². The fourth-order valence-electron chi connectivity index (χ4n) is 1.83. The van der Waals surface area contributed by atoms with E-state index >= 15 is 0 Å². The maximum Gasteiger partial charge on any atom is 0.0594 e. The molecule has 0 aromatic heterocycles. The third-order valence-corrected chi connectivity index (χ3v) is 2.93. The third-order valence-electron chi connectivity index (χ3n) is 2.93. The average Bonchev–Trinajstić information content (AvgIpc) is 2.27. The summed E-state index contributed by atoms with van der Waals surface area (Å²) in [5, 5.41) is 0. The highest BCUT2D eigenvalue weighted by Crippen LogP contribution is 1.99. The fourth-order valence-corrected chi connectivity index (χ4v) is 1.83. The smallest absolute Gasteiger partial charge is 0.0594 e. The van der Waals surface area contributed by atoms with E-state index in [-0.39, 0.29) is 0 Å². The van der Waals surface area contributed by atoms with Crippen LogP contribution >= 0.6 is 0 Å². The Bertz CT molecular complexity index is 160. The minimum absolute atomic E-state index is 0.597. The molecule has 0 aliphatic carbocycles. The number of rotatable bonds is 6. The molecule has 1 aliphatic heterocycles. The lowest BCUT2D eigenvalue weighted by molar-refractivity contribution is 0.0340. The molecule has 15 heavy (non-hydrogen) atoms. The Kier molecular flexibility index (Phi) is 6.17. The van der Waals surface area contributed by atoms with E-state index in [1.807, 2.05) is 0 Å². The molecule has 0 aromatic carbocycles. The molecule has 0 amide bonds. The lowest BCUT2D eigenvalue weighted by Gasteiger charge is -2.29. The van der Waals surface area contributed by atoms with Gasteiger partial charge in [-0.15, -0.1) is 0 Å². The average molecular weight is 215 g/mol. The van der Waals surface area contributed by atoms with Crippen LogP contribution in [0.5, 0.6) is 0 Å². The van der Waals surface area contributed by atoms with Gasteiger partial charge in [-0.3, -0.25) is 4.90 Å². The molecular formula is C11H25N3O. The summed E-state index contributed by atoms with van der Waals surface area (Å²) in [4.78, 5) is 4.83. The van der Waals surface area contributed by atoms with Crippen molar-refractivity contribution in [3.05, 3.63) is 0 Å². The van der Waals surface area contributed by atoms with Crippen LogP contribution in [0.4, 0.5) is 0 Å². The molecule has 90 valence electrons. The third kappa shape index (κ3) is 5.47. The first-order valence-corrected chi connectivity index (χ1v) is 5.91. The van der Waals surface area contributed by atoms with Crippen LogP contribution in [-0.4, -0.2) is 69.3 Å². The Labute approximate surface area is 93.4 Å². The van der Waals surface area contributed by atoms with Crippen LogP contribution in [0.3, 0.4) is 0 Å². The molecular weight excluding hydrogens is 190 g/mol. The zero-order valence-corrected chi connectivity index (χ0v) is 10.1. The number of likely N-dealkylation sites (N-methyl/N-ethyl adjacent to an activating group) is 1. The molecule has 1 saturated heterocycles. The van der Waals surface area contributed by atoms with Gasteiger partial charge in [-0.2, -0.15) is 0 Å². The molecule has 0 radical (unpaired) electrons. The van der Waals surface area contributed by atoms with Crippen LogP contribution in [0.15, 0.2) is 0 Å². The Morgan fingerprint density at radius 1 is 1.40 bits per heavy atom. The second-order valence-corrected chi connectivity index (χ2v) is 4.56. The molecule has 1 aliphatic rings. The van der Waals surface area contributed by atoms with Gasteiger partial charge < -0.3 is 15.4 Å². The van der Waals surface area contributed by atoms with Crippen LogP contribution < -0.4 is 5.73 Å². The Morgan fingerprint density at radius 2 is 2.07 bits per heavy atom. The van der Waals surface area contributed by atoms with E-state index in [1.54, 1.807) is 0 Å². The highest BCUT2D eigenvalue weighted by molar-refractivity contribution is 4.65. The Morgan fingerprint density at radius 3 is 2.67 bits per heavy atom. The molecule has 0 saturated carbocycles. The summed E-state index contributed by atoms with van der Waals surface area (Å²) in [6.07, 6.45) is 0. The summed E-state index contributed by atoms with van der Waals surface area (Å²) in [5.41, 5.74) is 5.61. The van der Waals surface area contributed by atoms with Gasteiger partial charge in [0.1, 0.15) is 0 Å². The minimum atomic E-state index is 0.597. The van der Waals surface area contributed by atoms with E-state index in [2.05, 4.69) is 23.8 Å². The monoisotopic (exact) mass is 215 g/mol. The summed E-state index contributed by atoms with van der Waals surface area (Å²) >= 11 is 0. The van der Waals surface area contributed by atoms with Crippen molar-refractivity contribution in [2.24, 2.45) is 11.7 Å². The largest absolute Gasteiger partial charge is 0.379 e. The van der Waals surface area contributed by atoms with Gasteiger partial charge in [-0.1, -0.05) is 6.92 Å². The minimum Gasteiger partial charge on any atom is -0.379 e. The van der Waals surface area contributed by atoms with Gasteiger partial charge in [-0.05, 0) is 19.5 Å². The van der Waals surface area contributed by atoms with Crippen LogP contribution in [0.2, 0.25) is 0 Å². The number of nitrogens with two attached hydrogens (primary N) is 1. The topological polar surface area (TPSA) is 41.7 Å². The van der Waals surface area contributed by atoms with Gasteiger partial charge >= 0.3 is 0 Å². The second-order valence-electron chi connectivity index (χ2n) is 4.56. The van der Waals surface area contributed by atoms with Gasteiger partial charge in [0.25, 0.3) is 0 Å².